The molecule has 0 aliphatic rings. The molecule has 0 aromatic heterocycles. The normalized spacial score (nSPS) is 12.8. The Hall–Kier alpha value is 0.0300. The summed E-state index contributed by atoms with van der Waals surface area (Å²) in [4.78, 5) is 0. The third-order valence-electron chi connectivity index (χ3n) is 2.70. The summed E-state index contributed by atoms with van der Waals surface area (Å²) >= 11 is 6.91. The Morgan fingerprint density at radius 2 is 1.28 bits per heavy atom. The molecule has 104 valence electrons. The molecule has 0 amide bonds. The van der Waals surface area contributed by atoms with Crippen LogP contribution in [0.15, 0.2) is 30.3 Å². The lowest BCUT2D eigenvalue weighted by atomic mass is 10.2. The lowest BCUT2D eigenvalue weighted by Gasteiger charge is -2.38. The molecule has 0 unspecified atom stereocenters. The molecule has 0 bridgehead atoms. The average molecular weight is 309 g/mol. The molecule has 0 atom stereocenters. The second-order valence-electron chi connectivity index (χ2n) is 6.28. The second-order valence-corrected chi connectivity index (χ2v) is 11.6. The van der Waals surface area contributed by atoms with Gasteiger partial charge in [-0.1, -0.05) is 18.2 Å². The number of benzene rings is 1. The van der Waals surface area contributed by atoms with Gasteiger partial charge < -0.3 is 16.9 Å². The molecule has 1 aromatic carbocycles. The smallest absolute Gasteiger partial charge is 0.297 e. The maximum Gasteiger partial charge on any atom is 0.297 e. The highest BCUT2D eigenvalue weighted by atomic mass is 35.7. The molecule has 0 saturated heterocycles. The minimum absolute atomic E-state index is 0. The molecule has 0 heterocycles. The minimum Gasteiger partial charge on any atom is -1.00 e. The van der Waals surface area contributed by atoms with E-state index in [-0.39, 0.29) is 22.7 Å². The van der Waals surface area contributed by atoms with Crippen LogP contribution in [0.2, 0.25) is 0 Å². The summed E-state index contributed by atoms with van der Waals surface area (Å²) in [6.45, 7) is 10.8. The topological polar surface area (TPSA) is 9.23 Å². The second kappa shape index (κ2) is 5.99. The van der Waals surface area contributed by atoms with Crippen LogP contribution in [-0.2, 0) is 0 Å². The Morgan fingerprint density at radius 3 is 1.61 bits per heavy atom. The van der Waals surface area contributed by atoms with Crippen molar-refractivity contribution >= 4 is 18.1 Å². The van der Waals surface area contributed by atoms with Gasteiger partial charge in [0.2, 0.25) is 0 Å². The Bertz CT molecular complexity index is 352. The summed E-state index contributed by atoms with van der Waals surface area (Å²) in [5, 5.41) is -0.106. The van der Waals surface area contributed by atoms with Gasteiger partial charge in [-0.25, -0.2) is 0 Å². The Balaban J connectivity index is 0.00000289. The van der Waals surface area contributed by atoms with E-state index in [4.69, 9.17) is 15.8 Å². The zero-order chi connectivity index (χ0) is 13.3. The summed E-state index contributed by atoms with van der Waals surface area (Å²) in [5.41, 5.74) is 0. The summed E-state index contributed by atoms with van der Waals surface area (Å²) in [6.07, 6.45) is 0. The predicted octanol–water partition coefficient (Wildman–Crippen LogP) is 2.75. The fourth-order valence-corrected chi connectivity index (χ4v) is 5.12. The standard InChI is InChI=1S/C14H23ClOP.ClH/c1-13(2,3)17(15,14(4,5)6)16-12-10-8-7-9-11-12;/h7-11H,1-6H3;1H/q+1;/p-1. The zero-order valence-electron chi connectivity index (χ0n) is 12.0. The van der Waals surface area contributed by atoms with Crippen molar-refractivity contribution in [3.05, 3.63) is 30.3 Å². The van der Waals surface area contributed by atoms with Gasteiger partial charge >= 0.3 is 0 Å². The first-order valence-electron chi connectivity index (χ1n) is 5.91. The summed E-state index contributed by atoms with van der Waals surface area (Å²) in [6, 6.07) is 9.86. The van der Waals surface area contributed by atoms with Crippen LogP contribution in [0.25, 0.3) is 0 Å². The lowest BCUT2D eigenvalue weighted by Crippen LogP contribution is -3.00. The van der Waals surface area contributed by atoms with Crippen LogP contribution >= 0.6 is 18.1 Å². The first-order chi connectivity index (χ1) is 7.58. The molecule has 4 heteroatoms. The van der Waals surface area contributed by atoms with E-state index in [1.165, 1.54) is 0 Å². The van der Waals surface area contributed by atoms with E-state index in [2.05, 4.69) is 41.5 Å². The van der Waals surface area contributed by atoms with Gasteiger partial charge in [0.05, 0.1) is 0 Å². The quantitative estimate of drug-likeness (QED) is 0.763. The molecule has 0 radical (unpaired) electrons. The summed E-state index contributed by atoms with van der Waals surface area (Å²) in [5.74, 6) is 0.862. The molecule has 0 N–H and O–H groups in total. The largest absolute Gasteiger partial charge is 1.00 e. The van der Waals surface area contributed by atoms with Crippen LogP contribution in [0.5, 0.6) is 5.75 Å². The molecule has 1 nitrogen and oxygen atoms in total. The van der Waals surface area contributed by atoms with Crippen molar-refractivity contribution in [2.75, 3.05) is 0 Å². The van der Waals surface area contributed by atoms with Crippen molar-refractivity contribution in [2.45, 2.75) is 51.9 Å². The molecule has 1 aromatic rings. The highest BCUT2D eigenvalue weighted by molar-refractivity contribution is 7.97. The van der Waals surface area contributed by atoms with Crippen molar-refractivity contribution in [3.63, 3.8) is 0 Å². The van der Waals surface area contributed by atoms with Crippen LogP contribution < -0.4 is 16.9 Å². The van der Waals surface area contributed by atoms with Crippen LogP contribution in [0.4, 0.5) is 0 Å². The minimum atomic E-state index is -2.09. The van der Waals surface area contributed by atoms with Crippen molar-refractivity contribution in [1.82, 2.24) is 0 Å². The molecular weight excluding hydrogens is 286 g/mol. The van der Waals surface area contributed by atoms with Gasteiger partial charge in [0, 0.05) is 0 Å². The van der Waals surface area contributed by atoms with Gasteiger partial charge in [-0.3, -0.25) is 0 Å². The van der Waals surface area contributed by atoms with Crippen LogP contribution in [0.1, 0.15) is 41.5 Å². The van der Waals surface area contributed by atoms with Gasteiger partial charge in [-0.15, -0.1) is 0 Å². The fraction of sp³-hybridized carbons (Fsp3) is 0.571. The molecular formula is C14H23Cl2OP. The Labute approximate surface area is 123 Å². The summed E-state index contributed by atoms with van der Waals surface area (Å²) in [7, 11) is 0. The van der Waals surface area contributed by atoms with Crippen molar-refractivity contribution in [2.24, 2.45) is 0 Å². The molecule has 1 rings (SSSR count). The van der Waals surface area contributed by atoms with E-state index < -0.39 is 6.84 Å². The average Bonchev–Trinajstić information content (AvgIpc) is 2.15. The fourth-order valence-electron chi connectivity index (χ4n) is 1.91. The first kappa shape index (κ1) is 18.0. The molecule has 0 fully saturated rings. The van der Waals surface area contributed by atoms with Crippen LogP contribution in [-0.4, -0.2) is 10.3 Å². The van der Waals surface area contributed by atoms with Crippen molar-refractivity contribution < 1.29 is 16.9 Å². The molecule has 0 aliphatic heterocycles. The number of hydrogen-bond acceptors (Lipinski definition) is 1. The lowest BCUT2D eigenvalue weighted by molar-refractivity contribution is -0.00000456. The molecule has 18 heavy (non-hydrogen) atoms. The highest BCUT2D eigenvalue weighted by Gasteiger charge is 2.61. The van der Waals surface area contributed by atoms with Gasteiger partial charge in [0.25, 0.3) is 6.84 Å². The summed E-state index contributed by atoms with van der Waals surface area (Å²) < 4.78 is 6.21. The van der Waals surface area contributed by atoms with Gasteiger partial charge in [-0.05, 0) is 53.7 Å². The van der Waals surface area contributed by atoms with Gasteiger partial charge in [-0.2, -0.15) is 0 Å². The highest BCUT2D eigenvalue weighted by Crippen LogP contribution is 2.80. The van der Waals surface area contributed by atoms with Crippen molar-refractivity contribution in [1.29, 1.82) is 0 Å². The molecule has 0 saturated carbocycles. The third kappa shape index (κ3) is 3.76. The van der Waals surface area contributed by atoms with E-state index in [1.54, 1.807) is 0 Å². The van der Waals surface area contributed by atoms with Gasteiger partial charge in [0.1, 0.15) is 21.6 Å². The first-order valence-corrected chi connectivity index (χ1v) is 8.53. The monoisotopic (exact) mass is 308 g/mol. The van der Waals surface area contributed by atoms with E-state index >= 15 is 0 Å². The molecule has 0 aliphatic carbocycles. The maximum atomic E-state index is 6.91. The number of halogens is 2. The van der Waals surface area contributed by atoms with E-state index in [0.717, 1.165) is 5.75 Å². The van der Waals surface area contributed by atoms with Crippen LogP contribution in [0.3, 0.4) is 0 Å². The number of rotatable bonds is 2. The third-order valence-corrected chi connectivity index (χ3v) is 9.86. The maximum absolute atomic E-state index is 6.91. The van der Waals surface area contributed by atoms with E-state index in [9.17, 15) is 0 Å². The van der Waals surface area contributed by atoms with Gasteiger partial charge in [0.15, 0.2) is 5.75 Å². The number of para-hydroxylation sites is 1. The number of hydrogen-bond donors (Lipinski definition) is 0. The van der Waals surface area contributed by atoms with Crippen molar-refractivity contribution in [3.8, 4) is 5.75 Å². The van der Waals surface area contributed by atoms with Crippen LogP contribution in [0, 0.1) is 0 Å². The predicted molar refractivity (Wildman–Crippen MR) is 79.3 cm³/mol. The Morgan fingerprint density at radius 1 is 0.889 bits per heavy atom. The Kier molecular flexibility index (Phi) is 6.00. The van der Waals surface area contributed by atoms with E-state index in [0.29, 0.717) is 0 Å². The SMILES string of the molecule is CC(C)(C)[P+](Cl)(Oc1ccccc1)C(C)(C)C.[Cl-]. The van der Waals surface area contributed by atoms with E-state index in [1.807, 2.05) is 30.3 Å². The zero-order valence-corrected chi connectivity index (χ0v) is 14.4. The molecule has 0 spiro atoms.